The van der Waals surface area contributed by atoms with Crippen LogP contribution in [0.25, 0.3) is 11.3 Å². The molecule has 0 fully saturated rings. The van der Waals surface area contributed by atoms with E-state index < -0.39 is 0 Å². The number of ether oxygens (including phenoxy) is 1. The third-order valence-electron chi connectivity index (χ3n) is 3.90. The highest BCUT2D eigenvalue weighted by molar-refractivity contribution is 7.14. The molecule has 4 rings (SSSR count). The van der Waals surface area contributed by atoms with Gasteiger partial charge in [0.25, 0.3) is 0 Å². The average molecular weight is 335 g/mol. The Morgan fingerprint density at radius 2 is 2.04 bits per heavy atom. The van der Waals surface area contributed by atoms with Gasteiger partial charge in [0, 0.05) is 22.9 Å². The van der Waals surface area contributed by atoms with Crippen molar-refractivity contribution < 1.29 is 4.74 Å². The van der Waals surface area contributed by atoms with Crippen LogP contribution in [0.4, 0.5) is 5.13 Å². The molecule has 2 aromatic carbocycles. The summed E-state index contributed by atoms with van der Waals surface area (Å²) < 4.78 is 5.70. The van der Waals surface area contributed by atoms with Gasteiger partial charge in [-0.1, -0.05) is 42.0 Å². The molecule has 24 heavy (non-hydrogen) atoms. The van der Waals surface area contributed by atoms with Gasteiger partial charge in [0.15, 0.2) is 0 Å². The van der Waals surface area contributed by atoms with Crippen LogP contribution in [0.15, 0.2) is 59.0 Å². The van der Waals surface area contributed by atoms with Crippen LogP contribution in [-0.2, 0) is 0 Å². The largest absolute Gasteiger partial charge is 0.492 e. The Labute approximate surface area is 144 Å². The van der Waals surface area contributed by atoms with Crippen molar-refractivity contribution in [3.05, 3.63) is 65.0 Å². The van der Waals surface area contributed by atoms with Crippen LogP contribution in [0.5, 0.6) is 5.75 Å². The van der Waals surface area contributed by atoms with Gasteiger partial charge < -0.3 is 4.74 Å². The van der Waals surface area contributed by atoms with E-state index in [1.807, 2.05) is 29.6 Å². The summed E-state index contributed by atoms with van der Waals surface area (Å²) >= 11 is 1.56. The Hall–Kier alpha value is -2.66. The Balaban J connectivity index is 1.57. The lowest BCUT2D eigenvalue weighted by Crippen LogP contribution is -2.17. The minimum atomic E-state index is 0.656. The highest BCUT2D eigenvalue weighted by Crippen LogP contribution is 2.27. The lowest BCUT2D eigenvalue weighted by Gasteiger charge is -2.19. The third kappa shape index (κ3) is 3.03. The van der Waals surface area contributed by atoms with Crippen LogP contribution >= 0.6 is 11.3 Å². The molecule has 0 unspecified atom stereocenters. The fourth-order valence-corrected chi connectivity index (χ4v) is 3.35. The molecular formula is C19H17N3OS. The molecule has 1 N–H and O–H groups in total. The lowest BCUT2D eigenvalue weighted by atomic mass is 10.0. The third-order valence-corrected chi connectivity index (χ3v) is 4.65. The molecule has 0 saturated carbocycles. The number of hydrogen-bond acceptors (Lipinski definition) is 5. The quantitative estimate of drug-likeness (QED) is 0.705. The highest BCUT2D eigenvalue weighted by Gasteiger charge is 2.17. The fourth-order valence-electron chi connectivity index (χ4n) is 2.69. The number of nitrogens with one attached hydrogen (secondary N) is 1. The summed E-state index contributed by atoms with van der Waals surface area (Å²) in [6.45, 7) is 2.73. The van der Waals surface area contributed by atoms with E-state index in [0.29, 0.717) is 6.61 Å². The van der Waals surface area contributed by atoms with Gasteiger partial charge in [0.05, 0.1) is 18.0 Å². The molecule has 0 radical (unpaired) electrons. The number of hydrogen-bond donors (Lipinski definition) is 1. The first-order valence-corrected chi connectivity index (χ1v) is 8.75. The van der Waals surface area contributed by atoms with Crippen molar-refractivity contribution in [1.82, 2.24) is 4.98 Å². The number of aryl methyl sites for hydroxylation is 1. The molecule has 1 aromatic heterocycles. The van der Waals surface area contributed by atoms with E-state index in [2.05, 4.69) is 46.7 Å². The van der Waals surface area contributed by atoms with Gasteiger partial charge in [-0.2, -0.15) is 5.10 Å². The minimum absolute atomic E-state index is 0.656. The Morgan fingerprint density at radius 1 is 1.17 bits per heavy atom. The van der Waals surface area contributed by atoms with Crippen molar-refractivity contribution in [3.8, 4) is 17.0 Å². The number of nitrogens with zero attached hydrogens (tertiary/aromatic N) is 2. The number of rotatable bonds is 3. The van der Waals surface area contributed by atoms with E-state index >= 15 is 0 Å². The van der Waals surface area contributed by atoms with E-state index in [-0.39, 0.29) is 0 Å². The molecule has 0 aliphatic carbocycles. The standard InChI is InChI=1S/C19H17N3OS/c1-13-7-8-18-15(11-13)16(9-10-23-18)21-22-19-20-17(12-24-19)14-5-3-2-4-6-14/h2-8,11-12H,9-10H2,1H3,(H,20,22)/b21-16+. The summed E-state index contributed by atoms with van der Waals surface area (Å²) in [5.41, 5.74) is 8.46. The van der Waals surface area contributed by atoms with Crippen molar-refractivity contribution >= 4 is 22.2 Å². The van der Waals surface area contributed by atoms with Gasteiger partial charge >= 0.3 is 0 Å². The molecule has 0 spiro atoms. The van der Waals surface area contributed by atoms with E-state index in [9.17, 15) is 0 Å². The van der Waals surface area contributed by atoms with Gasteiger partial charge in [-0.3, -0.25) is 5.43 Å². The predicted molar refractivity (Wildman–Crippen MR) is 99.0 cm³/mol. The molecule has 1 aliphatic rings. The molecule has 4 nitrogen and oxygen atoms in total. The van der Waals surface area contributed by atoms with E-state index in [0.717, 1.165) is 39.8 Å². The second kappa shape index (κ2) is 6.45. The molecule has 0 amide bonds. The van der Waals surface area contributed by atoms with E-state index in [1.54, 1.807) is 11.3 Å². The summed E-state index contributed by atoms with van der Waals surface area (Å²) in [5.74, 6) is 0.900. The van der Waals surface area contributed by atoms with Crippen LogP contribution in [0, 0.1) is 6.92 Å². The Kier molecular flexibility index (Phi) is 4.01. The normalized spacial score (nSPS) is 15.0. The summed E-state index contributed by atoms with van der Waals surface area (Å²) in [7, 11) is 0. The van der Waals surface area contributed by atoms with Gasteiger partial charge in [0.1, 0.15) is 5.75 Å². The van der Waals surface area contributed by atoms with Crippen LogP contribution in [-0.4, -0.2) is 17.3 Å². The van der Waals surface area contributed by atoms with Crippen LogP contribution < -0.4 is 10.2 Å². The van der Waals surface area contributed by atoms with E-state index in [1.165, 1.54) is 5.56 Å². The number of anilines is 1. The van der Waals surface area contributed by atoms with Crippen LogP contribution in [0.3, 0.4) is 0 Å². The summed E-state index contributed by atoms with van der Waals surface area (Å²) in [6.07, 6.45) is 0.792. The zero-order valence-corrected chi connectivity index (χ0v) is 14.1. The summed E-state index contributed by atoms with van der Waals surface area (Å²) in [4.78, 5) is 4.61. The van der Waals surface area contributed by atoms with Crippen LogP contribution in [0.1, 0.15) is 17.5 Å². The molecule has 2 heterocycles. The Bertz CT molecular complexity index is 887. The van der Waals surface area contributed by atoms with Gasteiger partial charge in [-0.05, 0) is 19.1 Å². The molecule has 1 aliphatic heterocycles. The maximum absolute atomic E-state index is 5.70. The number of hydrazone groups is 1. The molecule has 3 aromatic rings. The monoisotopic (exact) mass is 335 g/mol. The van der Waals surface area contributed by atoms with Crippen molar-refractivity contribution in [1.29, 1.82) is 0 Å². The fraction of sp³-hybridized carbons (Fsp3) is 0.158. The maximum atomic E-state index is 5.70. The summed E-state index contributed by atoms with van der Waals surface area (Å²) in [5, 5.41) is 7.41. The highest BCUT2D eigenvalue weighted by atomic mass is 32.1. The van der Waals surface area contributed by atoms with Crippen molar-refractivity contribution in [2.24, 2.45) is 5.10 Å². The van der Waals surface area contributed by atoms with Crippen molar-refractivity contribution in [3.63, 3.8) is 0 Å². The first-order valence-electron chi connectivity index (χ1n) is 7.87. The number of aromatic nitrogens is 1. The maximum Gasteiger partial charge on any atom is 0.203 e. The predicted octanol–water partition coefficient (Wildman–Crippen LogP) is 4.72. The SMILES string of the molecule is Cc1ccc2c(c1)/C(=N/Nc1nc(-c3ccccc3)cs1)CCO2. The van der Waals surface area contributed by atoms with Crippen molar-refractivity contribution in [2.75, 3.05) is 12.0 Å². The Morgan fingerprint density at radius 3 is 2.92 bits per heavy atom. The first kappa shape index (κ1) is 14.9. The minimum Gasteiger partial charge on any atom is -0.492 e. The van der Waals surface area contributed by atoms with E-state index in [4.69, 9.17) is 4.74 Å². The van der Waals surface area contributed by atoms with Gasteiger partial charge in [-0.15, -0.1) is 11.3 Å². The topological polar surface area (TPSA) is 46.5 Å². The zero-order valence-electron chi connectivity index (χ0n) is 13.3. The van der Waals surface area contributed by atoms with Crippen molar-refractivity contribution in [2.45, 2.75) is 13.3 Å². The summed E-state index contributed by atoms with van der Waals surface area (Å²) in [6, 6.07) is 16.3. The zero-order chi connectivity index (χ0) is 16.4. The molecule has 0 bridgehead atoms. The molecule has 5 heteroatoms. The smallest absolute Gasteiger partial charge is 0.203 e. The van der Waals surface area contributed by atoms with Gasteiger partial charge in [-0.25, -0.2) is 4.98 Å². The average Bonchev–Trinajstić information content (AvgIpc) is 3.10. The number of fused-ring (bicyclic) bond motifs is 1. The molecule has 120 valence electrons. The molecular weight excluding hydrogens is 318 g/mol. The molecule has 0 saturated heterocycles. The number of benzene rings is 2. The second-order valence-corrected chi connectivity index (χ2v) is 6.53. The lowest BCUT2D eigenvalue weighted by molar-refractivity contribution is 0.320. The van der Waals surface area contributed by atoms with Crippen LogP contribution in [0.2, 0.25) is 0 Å². The first-order chi connectivity index (χ1) is 11.8. The number of thiazole rings is 1. The molecule has 0 atom stereocenters. The second-order valence-electron chi connectivity index (χ2n) is 5.67. The van der Waals surface area contributed by atoms with Gasteiger partial charge in [0.2, 0.25) is 5.13 Å².